The van der Waals surface area contributed by atoms with Gasteiger partial charge in [-0.1, -0.05) is 76.0 Å². The van der Waals surface area contributed by atoms with Gasteiger partial charge >= 0.3 is 16.4 Å². The molecule has 0 aromatic rings. The Morgan fingerprint density at radius 2 is 1.52 bits per heavy atom. The van der Waals surface area contributed by atoms with Crippen LogP contribution in [-0.4, -0.2) is 97.5 Å². The zero-order valence-electron chi connectivity index (χ0n) is 26.2. The van der Waals surface area contributed by atoms with Crippen LogP contribution in [-0.2, 0) is 38.3 Å². The van der Waals surface area contributed by atoms with Gasteiger partial charge in [0, 0.05) is 13.0 Å². The van der Waals surface area contributed by atoms with Crippen molar-refractivity contribution in [2.45, 2.75) is 128 Å². The molecule has 1 fully saturated rings. The molecule has 0 aliphatic carbocycles. The maximum atomic E-state index is 12.1. The van der Waals surface area contributed by atoms with E-state index in [0.717, 1.165) is 51.4 Å². The molecule has 256 valence electrons. The number of allylic oxidation sites excluding steroid dienone is 6. The van der Waals surface area contributed by atoms with E-state index in [9.17, 15) is 28.5 Å². The fourth-order valence-electron chi connectivity index (χ4n) is 4.43. The van der Waals surface area contributed by atoms with Crippen LogP contribution in [0.2, 0.25) is 0 Å². The molecule has 0 amide bonds. The van der Waals surface area contributed by atoms with Crippen molar-refractivity contribution in [3.63, 3.8) is 0 Å². The summed E-state index contributed by atoms with van der Waals surface area (Å²) in [6.45, 7) is 3.40. The molecular formula is C31H54O12S. The monoisotopic (exact) mass is 650 g/mol. The summed E-state index contributed by atoms with van der Waals surface area (Å²) in [4.78, 5) is 12.1. The van der Waals surface area contributed by atoms with Gasteiger partial charge in [0.2, 0.25) is 0 Å². The van der Waals surface area contributed by atoms with E-state index in [-0.39, 0.29) is 19.6 Å². The van der Waals surface area contributed by atoms with Crippen LogP contribution in [0.25, 0.3) is 0 Å². The zero-order chi connectivity index (χ0) is 32.6. The van der Waals surface area contributed by atoms with Gasteiger partial charge in [-0.15, -0.1) is 0 Å². The van der Waals surface area contributed by atoms with Gasteiger partial charge < -0.3 is 34.3 Å². The molecule has 0 aromatic carbocycles. The van der Waals surface area contributed by atoms with Crippen molar-refractivity contribution >= 4 is 16.4 Å². The summed E-state index contributed by atoms with van der Waals surface area (Å²) >= 11 is 0. The molecule has 4 N–H and O–H groups in total. The van der Waals surface area contributed by atoms with E-state index in [1.807, 2.05) is 6.92 Å². The average molecular weight is 651 g/mol. The maximum absolute atomic E-state index is 12.1. The number of esters is 1. The summed E-state index contributed by atoms with van der Waals surface area (Å²) in [6.07, 6.45) is 15.3. The Balaban J connectivity index is 2.35. The molecule has 1 heterocycles. The predicted molar refractivity (Wildman–Crippen MR) is 165 cm³/mol. The molecule has 1 aliphatic heterocycles. The van der Waals surface area contributed by atoms with Gasteiger partial charge in [-0.2, -0.15) is 8.42 Å². The standard InChI is InChI=1S/C31H54O12S/c1-3-5-6-7-8-9-10-11-12-13-14-15-16-17-18-19-21-39-23-25(41-27(33)20-4-2)24-40-31-29(35)30(43-44(36,37)38)28(34)26(22-32)42-31/h5-6,8-9,11-12,25-26,28-32,34-35H,3-4,7,10,13-24H2,1-2H3,(H,36,37,38)/b6-5-,9-8-,12-11-. The lowest BCUT2D eigenvalue weighted by atomic mass is 9.99. The Morgan fingerprint density at radius 1 is 0.886 bits per heavy atom. The second-order valence-corrected chi connectivity index (χ2v) is 11.7. The van der Waals surface area contributed by atoms with Gasteiger partial charge in [0.15, 0.2) is 6.29 Å². The van der Waals surface area contributed by atoms with Gasteiger partial charge in [0.05, 0.1) is 19.8 Å². The molecule has 1 rings (SSSR count). The van der Waals surface area contributed by atoms with Crippen molar-refractivity contribution in [3.05, 3.63) is 36.5 Å². The topological polar surface area (TPSA) is 178 Å². The highest BCUT2D eigenvalue weighted by atomic mass is 32.3. The molecular weight excluding hydrogens is 596 g/mol. The minimum absolute atomic E-state index is 0.0201. The highest BCUT2D eigenvalue weighted by molar-refractivity contribution is 7.80. The maximum Gasteiger partial charge on any atom is 0.397 e. The van der Waals surface area contributed by atoms with E-state index in [4.69, 9.17) is 23.5 Å². The lowest BCUT2D eigenvalue weighted by Crippen LogP contribution is -2.60. The van der Waals surface area contributed by atoms with Crippen molar-refractivity contribution in [1.29, 1.82) is 0 Å². The fourth-order valence-corrected chi connectivity index (χ4v) is 4.94. The van der Waals surface area contributed by atoms with Crippen LogP contribution in [0.5, 0.6) is 0 Å². The van der Waals surface area contributed by atoms with Crippen molar-refractivity contribution in [2.75, 3.05) is 26.4 Å². The van der Waals surface area contributed by atoms with Crippen LogP contribution >= 0.6 is 0 Å². The number of carbonyl (C=O) groups excluding carboxylic acids is 1. The fraction of sp³-hybridized carbons (Fsp3) is 0.774. The van der Waals surface area contributed by atoms with Gasteiger partial charge in [-0.3, -0.25) is 9.35 Å². The molecule has 0 bridgehead atoms. The number of ether oxygens (including phenoxy) is 4. The largest absolute Gasteiger partial charge is 0.457 e. The summed E-state index contributed by atoms with van der Waals surface area (Å²) < 4.78 is 57.7. The number of aliphatic hydroxyl groups excluding tert-OH is 3. The van der Waals surface area contributed by atoms with Gasteiger partial charge in [-0.05, 0) is 44.9 Å². The summed E-state index contributed by atoms with van der Waals surface area (Å²) in [5.41, 5.74) is 0. The number of unbranched alkanes of at least 4 members (excludes halogenated alkanes) is 6. The first-order chi connectivity index (χ1) is 21.1. The summed E-state index contributed by atoms with van der Waals surface area (Å²) in [6, 6.07) is 0. The quantitative estimate of drug-likeness (QED) is 0.0485. The van der Waals surface area contributed by atoms with Crippen LogP contribution in [0.1, 0.15) is 90.9 Å². The third-order valence-electron chi connectivity index (χ3n) is 6.75. The normalized spacial score (nSPS) is 23.6. The van der Waals surface area contributed by atoms with Crippen LogP contribution in [0.3, 0.4) is 0 Å². The third kappa shape index (κ3) is 19.0. The van der Waals surface area contributed by atoms with Gasteiger partial charge in [0.1, 0.15) is 30.5 Å². The van der Waals surface area contributed by atoms with E-state index in [1.165, 1.54) is 12.8 Å². The molecule has 6 atom stereocenters. The highest BCUT2D eigenvalue weighted by Gasteiger charge is 2.48. The third-order valence-corrected chi connectivity index (χ3v) is 7.21. The SMILES string of the molecule is CC/C=C\C/C=C\C/C=C\CCCCCCCCOCC(COC1OC(CO)C(O)C(OS(=O)(=O)O)C1O)OC(=O)CCC. The molecule has 6 unspecified atom stereocenters. The molecule has 1 saturated heterocycles. The Labute approximate surface area is 263 Å². The number of hydrogen-bond donors (Lipinski definition) is 4. The average Bonchev–Trinajstić information content (AvgIpc) is 2.97. The molecule has 13 heteroatoms. The molecule has 44 heavy (non-hydrogen) atoms. The Morgan fingerprint density at radius 3 is 2.16 bits per heavy atom. The van der Waals surface area contributed by atoms with Crippen molar-refractivity contribution in [2.24, 2.45) is 0 Å². The smallest absolute Gasteiger partial charge is 0.397 e. The van der Waals surface area contributed by atoms with E-state index in [2.05, 4.69) is 47.6 Å². The first-order valence-corrected chi connectivity index (χ1v) is 17.1. The van der Waals surface area contributed by atoms with Crippen molar-refractivity contribution < 1.29 is 56.2 Å². The van der Waals surface area contributed by atoms with E-state index in [1.54, 1.807) is 0 Å². The van der Waals surface area contributed by atoms with E-state index >= 15 is 0 Å². The Bertz CT molecular complexity index is 936. The van der Waals surface area contributed by atoms with Crippen molar-refractivity contribution in [1.82, 2.24) is 0 Å². The number of aliphatic hydroxyl groups is 3. The van der Waals surface area contributed by atoms with Crippen LogP contribution in [0.4, 0.5) is 0 Å². The second kappa shape index (κ2) is 24.5. The van der Waals surface area contributed by atoms with Gasteiger partial charge in [-0.25, -0.2) is 4.18 Å². The molecule has 12 nitrogen and oxygen atoms in total. The van der Waals surface area contributed by atoms with Crippen LogP contribution in [0, 0.1) is 0 Å². The van der Waals surface area contributed by atoms with E-state index < -0.39 is 59.8 Å². The summed E-state index contributed by atoms with van der Waals surface area (Å²) in [5, 5.41) is 30.1. The lowest BCUT2D eigenvalue weighted by molar-refractivity contribution is -0.301. The minimum atomic E-state index is -5.04. The number of hydrogen-bond acceptors (Lipinski definition) is 11. The molecule has 0 aromatic heterocycles. The van der Waals surface area contributed by atoms with Crippen LogP contribution < -0.4 is 0 Å². The van der Waals surface area contributed by atoms with Crippen molar-refractivity contribution in [3.8, 4) is 0 Å². The molecule has 1 aliphatic rings. The molecule has 0 spiro atoms. The lowest BCUT2D eigenvalue weighted by Gasteiger charge is -2.41. The second-order valence-electron chi connectivity index (χ2n) is 10.7. The van der Waals surface area contributed by atoms with Gasteiger partial charge in [0.25, 0.3) is 0 Å². The minimum Gasteiger partial charge on any atom is -0.457 e. The molecule has 0 saturated carbocycles. The number of rotatable bonds is 25. The Kier molecular flexibility index (Phi) is 22.5. The van der Waals surface area contributed by atoms with E-state index in [0.29, 0.717) is 13.0 Å². The summed E-state index contributed by atoms with van der Waals surface area (Å²) in [7, 11) is -5.04. The Hall–Kier alpha value is -1.68. The highest BCUT2D eigenvalue weighted by Crippen LogP contribution is 2.25. The van der Waals surface area contributed by atoms with Crippen LogP contribution in [0.15, 0.2) is 36.5 Å². The summed E-state index contributed by atoms with van der Waals surface area (Å²) in [5.74, 6) is -0.461. The zero-order valence-corrected chi connectivity index (χ0v) is 27.0. The first-order valence-electron chi connectivity index (χ1n) is 15.7. The predicted octanol–water partition coefficient (Wildman–Crippen LogP) is 3.95. The first kappa shape index (κ1) is 40.3. The molecule has 0 radical (unpaired) electrons. The number of carbonyl (C=O) groups is 1.